The standard InChI is InChI=1S/C9H11ClN2OS/c1-9(13)4-12(5-9)8-7(10)6(14)2-3-11-8/h2-3,13H,4-5H2,1H3,(H,11,14). The van der Waals surface area contributed by atoms with Gasteiger partial charge in [-0.15, -0.1) is 12.6 Å². The minimum Gasteiger partial charge on any atom is -0.386 e. The summed E-state index contributed by atoms with van der Waals surface area (Å²) in [5, 5.41) is 10.1. The maximum absolute atomic E-state index is 9.57. The molecule has 14 heavy (non-hydrogen) atoms. The number of pyridine rings is 1. The summed E-state index contributed by atoms with van der Waals surface area (Å²) in [5.41, 5.74) is -0.613. The summed E-state index contributed by atoms with van der Waals surface area (Å²) < 4.78 is 0. The first-order valence-corrected chi connectivity index (χ1v) is 5.13. The molecule has 0 amide bonds. The van der Waals surface area contributed by atoms with E-state index in [0.717, 1.165) is 0 Å². The van der Waals surface area contributed by atoms with Crippen molar-refractivity contribution in [3.63, 3.8) is 0 Å². The number of hydrogen-bond donors (Lipinski definition) is 2. The molecule has 1 aromatic heterocycles. The Hall–Kier alpha value is -0.450. The van der Waals surface area contributed by atoms with E-state index in [4.69, 9.17) is 11.6 Å². The van der Waals surface area contributed by atoms with E-state index >= 15 is 0 Å². The van der Waals surface area contributed by atoms with Gasteiger partial charge in [0.1, 0.15) is 5.82 Å². The Morgan fingerprint density at radius 1 is 1.64 bits per heavy atom. The molecule has 0 radical (unpaired) electrons. The number of halogens is 1. The zero-order valence-electron chi connectivity index (χ0n) is 7.74. The van der Waals surface area contributed by atoms with Crippen LogP contribution in [0.25, 0.3) is 0 Å². The highest BCUT2D eigenvalue weighted by atomic mass is 35.5. The third-order valence-electron chi connectivity index (χ3n) is 2.21. The Labute approximate surface area is 93.1 Å². The number of rotatable bonds is 1. The minimum atomic E-state index is -0.613. The fourth-order valence-corrected chi connectivity index (χ4v) is 1.97. The van der Waals surface area contributed by atoms with Gasteiger partial charge in [0.15, 0.2) is 0 Å². The monoisotopic (exact) mass is 230 g/mol. The molecule has 1 fully saturated rings. The van der Waals surface area contributed by atoms with E-state index in [0.29, 0.717) is 28.8 Å². The molecule has 1 aliphatic rings. The molecule has 1 aliphatic heterocycles. The van der Waals surface area contributed by atoms with Crippen molar-refractivity contribution in [3.05, 3.63) is 17.3 Å². The van der Waals surface area contributed by atoms with Crippen LogP contribution in [0.5, 0.6) is 0 Å². The third-order valence-corrected chi connectivity index (χ3v) is 3.09. The smallest absolute Gasteiger partial charge is 0.148 e. The van der Waals surface area contributed by atoms with Crippen LogP contribution in [0.3, 0.4) is 0 Å². The van der Waals surface area contributed by atoms with Gasteiger partial charge in [0.05, 0.1) is 10.6 Å². The van der Waals surface area contributed by atoms with Crippen molar-refractivity contribution in [2.45, 2.75) is 17.4 Å². The molecular weight excluding hydrogens is 220 g/mol. The SMILES string of the molecule is CC1(O)CN(c2nccc(S)c2Cl)C1. The Morgan fingerprint density at radius 3 is 2.86 bits per heavy atom. The minimum absolute atomic E-state index is 0.548. The number of β-amino-alcohol motifs (C(OH)–C–C–N with tert-alkyl or cyclic N) is 1. The highest BCUT2D eigenvalue weighted by Crippen LogP contribution is 2.34. The van der Waals surface area contributed by atoms with Crippen molar-refractivity contribution < 1.29 is 5.11 Å². The number of aliphatic hydroxyl groups is 1. The molecule has 1 saturated heterocycles. The van der Waals surface area contributed by atoms with Gasteiger partial charge in [-0.3, -0.25) is 0 Å². The number of aromatic nitrogens is 1. The summed E-state index contributed by atoms with van der Waals surface area (Å²) in [5.74, 6) is 0.700. The van der Waals surface area contributed by atoms with Gasteiger partial charge in [0, 0.05) is 24.2 Å². The zero-order valence-corrected chi connectivity index (χ0v) is 9.39. The van der Waals surface area contributed by atoms with Crippen LogP contribution >= 0.6 is 24.2 Å². The van der Waals surface area contributed by atoms with Gasteiger partial charge in [0.2, 0.25) is 0 Å². The van der Waals surface area contributed by atoms with Crippen LogP contribution < -0.4 is 4.90 Å². The molecule has 0 spiro atoms. The predicted molar refractivity (Wildman–Crippen MR) is 59.3 cm³/mol. The number of thiol groups is 1. The van der Waals surface area contributed by atoms with E-state index < -0.39 is 5.60 Å². The first-order valence-electron chi connectivity index (χ1n) is 4.30. The fourth-order valence-electron chi connectivity index (χ4n) is 1.57. The summed E-state index contributed by atoms with van der Waals surface area (Å²) in [6.45, 7) is 2.93. The summed E-state index contributed by atoms with van der Waals surface area (Å²) in [7, 11) is 0. The molecule has 2 heterocycles. The lowest BCUT2D eigenvalue weighted by Crippen LogP contribution is -2.60. The highest BCUT2D eigenvalue weighted by molar-refractivity contribution is 7.80. The van der Waals surface area contributed by atoms with Crippen LogP contribution in [0.4, 0.5) is 5.82 Å². The predicted octanol–water partition coefficient (Wildman–Crippen LogP) is 1.59. The number of nitrogens with zero attached hydrogens (tertiary/aromatic N) is 2. The lowest BCUT2D eigenvalue weighted by molar-refractivity contribution is 0.0305. The van der Waals surface area contributed by atoms with Gasteiger partial charge in [0.25, 0.3) is 0 Å². The first kappa shape index (κ1) is 10.1. The van der Waals surface area contributed by atoms with Crippen LogP contribution in [-0.2, 0) is 0 Å². The molecule has 3 nitrogen and oxygen atoms in total. The Bertz CT molecular complexity index is 362. The average Bonchev–Trinajstić information content (AvgIpc) is 2.06. The number of anilines is 1. The second-order valence-electron chi connectivity index (χ2n) is 3.82. The molecule has 0 bridgehead atoms. The maximum Gasteiger partial charge on any atom is 0.148 e. The summed E-state index contributed by atoms with van der Waals surface area (Å²) >= 11 is 10.2. The van der Waals surface area contributed by atoms with Crippen LogP contribution in [0.15, 0.2) is 17.2 Å². The molecule has 0 aromatic carbocycles. The molecule has 0 aliphatic carbocycles. The first-order chi connectivity index (χ1) is 6.49. The summed E-state index contributed by atoms with van der Waals surface area (Å²) in [4.78, 5) is 6.80. The van der Waals surface area contributed by atoms with Gasteiger partial charge >= 0.3 is 0 Å². The fraction of sp³-hybridized carbons (Fsp3) is 0.444. The van der Waals surface area contributed by atoms with Gasteiger partial charge in [-0.2, -0.15) is 0 Å². The Balaban J connectivity index is 2.23. The largest absolute Gasteiger partial charge is 0.386 e. The van der Waals surface area contributed by atoms with E-state index in [1.807, 2.05) is 4.90 Å². The van der Waals surface area contributed by atoms with Crippen molar-refractivity contribution in [1.29, 1.82) is 0 Å². The highest BCUT2D eigenvalue weighted by Gasteiger charge is 2.38. The normalized spacial score (nSPS) is 19.3. The van der Waals surface area contributed by atoms with E-state index in [1.54, 1.807) is 19.2 Å². The molecule has 1 aromatic rings. The van der Waals surface area contributed by atoms with Gasteiger partial charge in [-0.1, -0.05) is 11.6 Å². The van der Waals surface area contributed by atoms with Crippen molar-refractivity contribution in [2.75, 3.05) is 18.0 Å². The van der Waals surface area contributed by atoms with Crippen molar-refractivity contribution in [3.8, 4) is 0 Å². The Kier molecular flexibility index (Phi) is 2.37. The van der Waals surface area contributed by atoms with E-state index in [-0.39, 0.29) is 0 Å². The summed E-state index contributed by atoms with van der Waals surface area (Å²) in [6, 6.07) is 1.74. The molecule has 76 valence electrons. The van der Waals surface area contributed by atoms with Crippen LogP contribution in [0.2, 0.25) is 5.02 Å². The van der Waals surface area contributed by atoms with Gasteiger partial charge < -0.3 is 10.0 Å². The van der Waals surface area contributed by atoms with Gasteiger partial charge in [-0.25, -0.2) is 4.98 Å². The van der Waals surface area contributed by atoms with Crippen molar-refractivity contribution in [1.82, 2.24) is 4.98 Å². The quantitative estimate of drug-likeness (QED) is 0.720. The van der Waals surface area contributed by atoms with E-state index in [1.165, 1.54) is 0 Å². The summed E-state index contributed by atoms with van der Waals surface area (Å²) in [6.07, 6.45) is 1.66. The molecule has 0 unspecified atom stereocenters. The molecular formula is C9H11ClN2OS. The molecule has 1 N–H and O–H groups in total. The average molecular weight is 231 g/mol. The van der Waals surface area contributed by atoms with Crippen LogP contribution in [0.1, 0.15) is 6.92 Å². The van der Waals surface area contributed by atoms with E-state index in [2.05, 4.69) is 17.6 Å². The molecule has 0 saturated carbocycles. The number of hydrogen-bond acceptors (Lipinski definition) is 4. The molecule has 2 rings (SSSR count). The third kappa shape index (κ3) is 1.69. The molecule has 0 atom stereocenters. The van der Waals surface area contributed by atoms with Gasteiger partial charge in [-0.05, 0) is 13.0 Å². The van der Waals surface area contributed by atoms with Crippen molar-refractivity contribution in [2.24, 2.45) is 0 Å². The van der Waals surface area contributed by atoms with E-state index in [9.17, 15) is 5.11 Å². The Morgan fingerprint density at radius 2 is 2.29 bits per heavy atom. The van der Waals surface area contributed by atoms with Crippen molar-refractivity contribution >= 4 is 30.0 Å². The molecule has 5 heteroatoms. The lowest BCUT2D eigenvalue weighted by Gasteiger charge is -2.45. The maximum atomic E-state index is 9.57. The lowest BCUT2D eigenvalue weighted by atomic mass is 9.97. The second kappa shape index (κ2) is 3.29. The van der Waals surface area contributed by atoms with Crippen LogP contribution in [-0.4, -0.2) is 28.8 Å². The zero-order chi connectivity index (χ0) is 10.3. The second-order valence-corrected chi connectivity index (χ2v) is 4.68. The van der Waals surface area contributed by atoms with Crippen LogP contribution in [0, 0.1) is 0 Å². The topological polar surface area (TPSA) is 36.4 Å².